The number of sulfonamides is 1. The second kappa shape index (κ2) is 9.31. The standard InChI is InChI=1S/C22H30N2O4S/c1-15-10-11-17(3)20(14-15)24(29(6,26)27)19(5)22(25)23-12-13-28-21-9-7-8-16(2)18(21)4/h7-11,14,19H,12-13H2,1-6H3,(H,23,25)/t19-/m0/s1. The lowest BCUT2D eigenvalue weighted by Gasteiger charge is -2.29. The first-order valence-corrected chi connectivity index (χ1v) is 11.4. The third-order valence-corrected chi connectivity index (χ3v) is 6.13. The van der Waals surface area contributed by atoms with Crippen molar-refractivity contribution in [2.45, 2.75) is 40.7 Å². The molecule has 1 N–H and O–H groups in total. The summed E-state index contributed by atoms with van der Waals surface area (Å²) < 4.78 is 31.8. The molecule has 0 aliphatic heterocycles. The van der Waals surface area contributed by atoms with Crippen molar-refractivity contribution >= 4 is 21.6 Å². The van der Waals surface area contributed by atoms with Crippen LogP contribution in [0.5, 0.6) is 5.75 Å². The highest BCUT2D eigenvalue weighted by molar-refractivity contribution is 7.92. The largest absolute Gasteiger partial charge is 0.491 e. The number of hydrogen-bond donors (Lipinski definition) is 1. The maximum absolute atomic E-state index is 12.7. The van der Waals surface area contributed by atoms with Crippen molar-refractivity contribution in [1.82, 2.24) is 5.32 Å². The zero-order valence-electron chi connectivity index (χ0n) is 17.9. The Hall–Kier alpha value is -2.54. The number of hydrogen-bond acceptors (Lipinski definition) is 4. The molecule has 0 saturated heterocycles. The van der Waals surface area contributed by atoms with Gasteiger partial charge in [0.05, 0.1) is 18.5 Å². The molecule has 1 atom stereocenters. The van der Waals surface area contributed by atoms with Crippen molar-refractivity contribution in [3.05, 3.63) is 58.7 Å². The molecule has 0 aliphatic rings. The Morgan fingerprint density at radius 3 is 2.45 bits per heavy atom. The maximum atomic E-state index is 12.7. The van der Waals surface area contributed by atoms with Crippen molar-refractivity contribution in [2.24, 2.45) is 0 Å². The van der Waals surface area contributed by atoms with Crippen LogP contribution in [0.1, 0.15) is 29.2 Å². The highest BCUT2D eigenvalue weighted by Crippen LogP contribution is 2.26. The Morgan fingerprint density at radius 1 is 1.10 bits per heavy atom. The van der Waals surface area contributed by atoms with Gasteiger partial charge in [-0.1, -0.05) is 24.3 Å². The van der Waals surface area contributed by atoms with Crippen LogP contribution in [0.25, 0.3) is 0 Å². The van der Waals surface area contributed by atoms with E-state index in [9.17, 15) is 13.2 Å². The van der Waals surface area contributed by atoms with E-state index in [2.05, 4.69) is 5.32 Å². The number of benzene rings is 2. The minimum atomic E-state index is -3.64. The number of aryl methyl sites for hydroxylation is 3. The van der Waals surface area contributed by atoms with Gasteiger partial charge in [-0.15, -0.1) is 0 Å². The predicted molar refractivity (Wildman–Crippen MR) is 117 cm³/mol. The summed E-state index contributed by atoms with van der Waals surface area (Å²) in [5.41, 5.74) is 4.43. The molecule has 0 aliphatic carbocycles. The maximum Gasteiger partial charge on any atom is 0.243 e. The number of carbonyl (C=O) groups is 1. The molecule has 0 spiro atoms. The number of ether oxygens (including phenoxy) is 1. The van der Waals surface area contributed by atoms with Gasteiger partial charge in [0.1, 0.15) is 18.4 Å². The molecule has 6 nitrogen and oxygen atoms in total. The third kappa shape index (κ3) is 5.73. The number of nitrogens with zero attached hydrogens (tertiary/aromatic N) is 1. The SMILES string of the molecule is Cc1ccc(C)c(N([C@@H](C)C(=O)NCCOc2cccc(C)c2C)S(C)(=O)=O)c1. The zero-order chi connectivity index (χ0) is 21.8. The molecule has 29 heavy (non-hydrogen) atoms. The number of carbonyl (C=O) groups excluding carboxylic acids is 1. The molecule has 2 rings (SSSR count). The lowest BCUT2D eigenvalue weighted by molar-refractivity contribution is -0.121. The van der Waals surface area contributed by atoms with Crippen LogP contribution in [0.2, 0.25) is 0 Å². The van der Waals surface area contributed by atoms with Gasteiger partial charge >= 0.3 is 0 Å². The molecule has 0 unspecified atom stereocenters. The molecule has 0 saturated carbocycles. The van der Waals surface area contributed by atoms with Gasteiger partial charge in [0.25, 0.3) is 0 Å². The summed E-state index contributed by atoms with van der Waals surface area (Å²) in [7, 11) is -3.64. The van der Waals surface area contributed by atoms with Gasteiger partial charge in [-0.25, -0.2) is 8.42 Å². The second-order valence-corrected chi connectivity index (χ2v) is 9.22. The number of rotatable bonds is 8. The van der Waals surface area contributed by atoms with Crippen LogP contribution < -0.4 is 14.4 Å². The molecule has 7 heteroatoms. The zero-order valence-corrected chi connectivity index (χ0v) is 18.8. The van der Waals surface area contributed by atoms with Gasteiger partial charge in [-0.2, -0.15) is 0 Å². The number of anilines is 1. The van der Waals surface area contributed by atoms with E-state index in [1.807, 2.05) is 58.0 Å². The molecule has 0 fully saturated rings. The first kappa shape index (κ1) is 22.7. The topological polar surface area (TPSA) is 75.7 Å². The lowest BCUT2D eigenvalue weighted by Crippen LogP contribution is -2.48. The van der Waals surface area contributed by atoms with Crippen LogP contribution in [0.3, 0.4) is 0 Å². The summed E-state index contributed by atoms with van der Waals surface area (Å²) in [6.07, 6.45) is 1.11. The van der Waals surface area contributed by atoms with Crippen LogP contribution in [0.4, 0.5) is 5.69 Å². The summed E-state index contributed by atoms with van der Waals surface area (Å²) in [4.78, 5) is 12.7. The minimum Gasteiger partial charge on any atom is -0.491 e. The Labute approximate surface area is 173 Å². The molecular weight excluding hydrogens is 388 g/mol. The van der Waals surface area contributed by atoms with Gasteiger partial charge in [-0.05, 0) is 69.0 Å². The highest BCUT2D eigenvalue weighted by Gasteiger charge is 2.30. The Balaban J connectivity index is 2.06. The van der Waals surface area contributed by atoms with Crippen LogP contribution in [0, 0.1) is 27.7 Å². The molecule has 158 valence electrons. The molecule has 0 radical (unpaired) electrons. The first-order chi connectivity index (χ1) is 13.5. The van der Waals surface area contributed by atoms with E-state index in [4.69, 9.17) is 4.74 Å². The van der Waals surface area contributed by atoms with Crippen molar-refractivity contribution in [2.75, 3.05) is 23.7 Å². The van der Waals surface area contributed by atoms with Crippen molar-refractivity contribution in [3.63, 3.8) is 0 Å². The first-order valence-electron chi connectivity index (χ1n) is 9.55. The lowest BCUT2D eigenvalue weighted by atomic mass is 10.1. The van der Waals surface area contributed by atoms with E-state index in [1.165, 1.54) is 4.31 Å². The fourth-order valence-electron chi connectivity index (χ4n) is 3.10. The number of nitrogens with one attached hydrogen (secondary N) is 1. The van der Waals surface area contributed by atoms with E-state index in [1.54, 1.807) is 13.0 Å². The van der Waals surface area contributed by atoms with Crippen LogP contribution in [0.15, 0.2) is 36.4 Å². The summed E-state index contributed by atoms with van der Waals surface area (Å²) in [6.45, 7) is 9.88. The Bertz CT molecular complexity index is 986. The molecule has 1 amide bonds. The summed E-state index contributed by atoms with van der Waals surface area (Å²) in [5, 5.41) is 2.77. The van der Waals surface area contributed by atoms with E-state index in [0.717, 1.165) is 34.3 Å². The average Bonchev–Trinajstić information content (AvgIpc) is 2.63. The van der Waals surface area contributed by atoms with Crippen molar-refractivity contribution in [3.8, 4) is 5.75 Å². The third-order valence-electron chi connectivity index (χ3n) is 4.90. The van der Waals surface area contributed by atoms with E-state index in [-0.39, 0.29) is 12.5 Å². The van der Waals surface area contributed by atoms with Crippen LogP contribution in [-0.2, 0) is 14.8 Å². The van der Waals surface area contributed by atoms with Gasteiger partial charge in [0.15, 0.2) is 0 Å². The van der Waals surface area contributed by atoms with Crippen molar-refractivity contribution < 1.29 is 17.9 Å². The second-order valence-electron chi connectivity index (χ2n) is 7.36. The predicted octanol–water partition coefficient (Wildman–Crippen LogP) is 3.27. The summed E-state index contributed by atoms with van der Waals surface area (Å²) >= 11 is 0. The smallest absolute Gasteiger partial charge is 0.243 e. The van der Waals surface area contributed by atoms with Crippen LogP contribution in [-0.4, -0.2) is 39.8 Å². The van der Waals surface area contributed by atoms with E-state index < -0.39 is 16.1 Å². The molecule has 2 aromatic rings. The molecular formula is C22H30N2O4S. The average molecular weight is 419 g/mol. The van der Waals surface area contributed by atoms with Crippen molar-refractivity contribution in [1.29, 1.82) is 0 Å². The van der Waals surface area contributed by atoms with Gasteiger partial charge in [0, 0.05) is 0 Å². The number of amides is 1. The Morgan fingerprint density at radius 2 is 1.79 bits per heavy atom. The minimum absolute atomic E-state index is 0.279. The summed E-state index contributed by atoms with van der Waals surface area (Å²) in [5.74, 6) is 0.404. The fourth-order valence-corrected chi connectivity index (χ4v) is 4.33. The quantitative estimate of drug-likeness (QED) is 0.668. The fraction of sp³-hybridized carbons (Fsp3) is 0.409. The van der Waals surface area contributed by atoms with E-state index in [0.29, 0.717) is 12.3 Å². The molecule has 2 aromatic carbocycles. The van der Waals surface area contributed by atoms with Gasteiger partial charge < -0.3 is 10.1 Å². The normalized spacial score (nSPS) is 12.3. The van der Waals surface area contributed by atoms with Gasteiger partial charge in [-0.3, -0.25) is 9.10 Å². The molecule has 0 bridgehead atoms. The molecule has 0 heterocycles. The highest BCUT2D eigenvalue weighted by atomic mass is 32.2. The van der Waals surface area contributed by atoms with Gasteiger partial charge in [0.2, 0.25) is 15.9 Å². The van der Waals surface area contributed by atoms with E-state index >= 15 is 0 Å². The molecule has 0 aromatic heterocycles. The van der Waals surface area contributed by atoms with Crippen LogP contribution >= 0.6 is 0 Å². The summed E-state index contributed by atoms with van der Waals surface area (Å²) in [6, 6.07) is 10.5. The monoisotopic (exact) mass is 418 g/mol. The Kier molecular flexibility index (Phi) is 7.30.